The summed E-state index contributed by atoms with van der Waals surface area (Å²) in [5.41, 5.74) is 0.540. The van der Waals surface area contributed by atoms with E-state index in [9.17, 15) is 0 Å². The Morgan fingerprint density at radius 3 is 2.35 bits per heavy atom. The molecule has 0 aromatic rings. The Kier molecular flexibility index (Phi) is 6.31. The number of nitrogens with one attached hydrogen (secondary N) is 1. The highest BCUT2D eigenvalue weighted by Crippen LogP contribution is 2.40. The summed E-state index contributed by atoms with van der Waals surface area (Å²) < 4.78 is 5.39. The smallest absolute Gasteiger partial charge is 0.0594 e. The second kappa shape index (κ2) is 7.77. The first-order valence-corrected chi connectivity index (χ1v) is 8.65. The van der Waals surface area contributed by atoms with Crippen molar-refractivity contribution < 1.29 is 4.74 Å². The van der Waals surface area contributed by atoms with Gasteiger partial charge in [0.15, 0.2) is 0 Å². The Hall–Kier alpha value is -0.120. The van der Waals surface area contributed by atoms with Crippen LogP contribution in [0.4, 0.5) is 0 Å². The predicted octanol–water partition coefficient (Wildman–Crippen LogP) is 2.90. The average Bonchev–Trinajstić information content (AvgIpc) is 2.49. The molecule has 0 aromatic heterocycles. The van der Waals surface area contributed by atoms with E-state index in [0.29, 0.717) is 5.41 Å². The van der Waals surface area contributed by atoms with E-state index in [1.54, 1.807) is 0 Å². The van der Waals surface area contributed by atoms with Gasteiger partial charge in [0.2, 0.25) is 0 Å². The lowest BCUT2D eigenvalue weighted by Crippen LogP contribution is -2.43. The van der Waals surface area contributed by atoms with Crippen LogP contribution in [-0.2, 0) is 4.74 Å². The summed E-state index contributed by atoms with van der Waals surface area (Å²) in [4.78, 5) is 2.52. The molecule has 3 nitrogen and oxygen atoms in total. The standard InChI is InChI=1S/C17H34N2O/c1-4-17(2,3)15-5-7-16(8-6-15)18-9-10-19-11-13-20-14-12-19/h15-16,18H,4-14H2,1-3H3. The molecule has 1 aliphatic carbocycles. The Balaban J connectivity index is 1.60. The first kappa shape index (κ1) is 16.3. The van der Waals surface area contributed by atoms with Gasteiger partial charge in [-0.25, -0.2) is 0 Å². The van der Waals surface area contributed by atoms with E-state index < -0.39 is 0 Å². The van der Waals surface area contributed by atoms with Gasteiger partial charge in [-0.05, 0) is 37.0 Å². The molecule has 2 fully saturated rings. The number of morpholine rings is 1. The van der Waals surface area contributed by atoms with Gasteiger partial charge in [-0.2, -0.15) is 0 Å². The molecule has 0 bridgehead atoms. The largest absolute Gasteiger partial charge is 0.379 e. The lowest BCUT2D eigenvalue weighted by molar-refractivity contribution is 0.0377. The monoisotopic (exact) mass is 282 g/mol. The predicted molar refractivity (Wildman–Crippen MR) is 85.1 cm³/mol. The van der Waals surface area contributed by atoms with Gasteiger partial charge in [-0.1, -0.05) is 27.2 Å². The maximum absolute atomic E-state index is 5.39. The molecule has 0 radical (unpaired) electrons. The van der Waals surface area contributed by atoms with E-state index in [-0.39, 0.29) is 0 Å². The van der Waals surface area contributed by atoms with Gasteiger partial charge in [0.05, 0.1) is 13.2 Å². The first-order chi connectivity index (χ1) is 9.62. The molecule has 2 aliphatic rings. The van der Waals surface area contributed by atoms with Crippen LogP contribution in [0.1, 0.15) is 52.9 Å². The van der Waals surface area contributed by atoms with E-state index in [1.165, 1.54) is 38.6 Å². The van der Waals surface area contributed by atoms with Gasteiger partial charge in [-0.3, -0.25) is 4.90 Å². The lowest BCUT2D eigenvalue weighted by atomic mass is 9.69. The normalized spacial score (nSPS) is 29.6. The molecule has 0 unspecified atom stereocenters. The zero-order valence-corrected chi connectivity index (χ0v) is 13.8. The van der Waals surface area contributed by atoms with Crippen molar-refractivity contribution in [2.75, 3.05) is 39.4 Å². The highest BCUT2D eigenvalue weighted by Gasteiger charge is 2.31. The highest BCUT2D eigenvalue weighted by molar-refractivity contribution is 4.85. The minimum absolute atomic E-state index is 0.540. The summed E-state index contributed by atoms with van der Waals surface area (Å²) in [7, 11) is 0. The van der Waals surface area contributed by atoms with E-state index >= 15 is 0 Å². The third-order valence-corrected chi connectivity index (χ3v) is 5.71. The van der Waals surface area contributed by atoms with Crippen LogP contribution in [0.15, 0.2) is 0 Å². The van der Waals surface area contributed by atoms with E-state index in [1.807, 2.05) is 0 Å². The van der Waals surface area contributed by atoms with E-state index in [2.05, 4.69) is 31.0 Å². The Labute approximate surface area is 125 Å². The van der Waals surface area contributed by atoms with Gasteiger partial charge < -0.3 is 10.1 Å². The van der Waals surface area contributed by atoms with Gasteiger partial charge in [-0.15, -0.1) is 0 Å². The molecule has 2 rings (SSSR count). The number of nitrogens with zero attached hydrogens (tertiary/aromatic N) is 1. The molecule has 0 amide bonds. The Bertz CT molecular complexity index is 266. The number of hydrogen-bond acceptors (Lipinski definition) is 3. The van der Waals surface area contributed by atoms with Crippen molar-refractivity contribution >= 4 is 0 Å². The van der Waals surface area contributed by atoms with Crippen LogP contribution in [0.25, 0.3) is 0 Å². The zero-order chi connectivity index (χ0) is 14.4. The number of rotatable bonds is 6. The zero-order valence-electron chi connectivity index (χ0n) is 13.8. The Morgan fingerprint density at radius 2 is 1.75 bits per heavy atom. The average molecular weight is 282 g/mol. The van der Waals surface area contributed by atoms with Crippen molar-refractivity contribution in [2.24, 2.45) is 11.3 Å². The molecule has 118 valence electrons. The molecule has 1 heterocycles. The summed E-state index contributed by atoms with van der Waals surface area (Å²) in [6.45, 7) is 13.6. The fraction of sp³-hybridized carbons (Fsp3) is 1.00. The molecule has 1 saturated heterocycles. The minimum atomic E-state index is 0.540. The summed E-state index contributed by atoms with van der Waals surface area (Å²) in [5.74, 6) is 0.935. The van der Waals surface area contributed by atoms with Crippen LogP contribution in [0.2, 0.25) is 0 Å². The van der Waals surface area contributed by atoms with Crippen LogP contribution in [0.5, 0.6) is 0 Å². The summed E-state index contributed by atoms with van der Waals surface area (Å²) in [5, 5.41) is 3.78. The fourth-order valence-electron chi connectivity index (χ4n) is 3.62. The quantitative estimate of drug-likeness (QED) is 0.811. The van der Waals surface area contributed by atoms with Crippen LogP contribution in [0.3, 0.4) is 0 Å². The van der Waals surface area contributed by atoms with Crippen LogP contribution in [0, 0.1) is 11.3 Å². The van der Waals surface area contributed by atoms with Crippen molar-refractivity contribution in [1.82, 2.24) is 10.2 Å². The van der Waals surface area contributed by atoms with Gasteiger partial charge >= 0.3 is 0 Å². The molecule has 20 heavy (non-hydrogen) atoms. The van der Waals surface area contributed by atoms with Crippen molar-refractivity contribution in [3.8, 4) is 0 Å². The van der Waals surface area contributed by atoms with Gasteiger partial charge in [0, 0.05) is 32.2 Å². The molecule has 0 aromatic carbocycles. The van der Waals surface area contributed by atoms with Crippen LogP contribution in [-0.4, -0.2) is 50.3 Å². The SMILES string of the molecule is CCC(C)(C)C1CCC(NCCN2CCOCC2)CC1. The molecule has 1 aliphatic heterocycles. The molecule has 0 atom stereocenters. The molecular weight excluding hydrogens is 248 g/mol. The summed E-state index contributed by atoms with van der Waals surface area (Å²) in [6, 6.07) is 0.764. The molecule has 0 spiro atoms. The van der Waals surface area contributed by atoms with Crippen LogP contribution >= 0.6 is 0 Å². The van der Waals surface area contributed by atoms with E-state index in [4.69, 9.17) is 4.74 Å². The van der Waals surface area contributed by atoms with E-state index in [0.717, 1.165) is 44.8 Å². The number of hydrogen-bond donors (Lipinski definition) is 1. The molecule has 1 N–H and O–H groups in total. The van der Waals surface area contributed by atoms with Crippen molar-refractivity contribution in [2.45, 2.75) is 58.9 Å². The van der Waals surface area contributed by atoms with Gasteiger partial charge in [0.1, 0.15) is 0 Å². The highest BCUT2D eigenvalue weighted by atomic mass is 16.5. The van der Waals surface area contributed by atoms with Crippen molar-refractivity contribution in [3.63, 3.8) is 0 Å². The van der Waals surface area contributed by atoms with Crippen LogP contribution < -0.4 is 5.32 Å². The topological polar surface area (TPSA) is 24.5 Å². The Morgan fingerprint density at radius 1 is 1.10 bits per heavy atom. The second-order valence-electron chi connectivity index (χ2n) is 7.30. The summed E-state index contributed by atoms with van der Waals surface area (Å²) >= 11 is 0. The van der Waals surface area contributed by atoms with Gasteiger partial charge in [0.25, 0.3) is 0 Å². The minimum Gasteiger partial charge on any atom is -0.379 e. The first-order valence-electron chi connectivity index (χ1n) is 8.65. The maximum atomic E-state index is 5.39. The molecular formula is C17H34N2O. The summed E-state index contributed by atoms with van der Waals surface area (Å²) in [6.07, 6.45) is 6.88. The lowest BCUT2D eigenvalue weighted by Gasteiger charge is -2.39. The number of ether oxygens (including phenoxy) is 1. The van der Waals surface area contributed by atoms with Crippen molar-refractivity contribution in [1.29, 1.82) is 0 Å². The maximum Gasteiger partial charge on any atom is 0.0594 e. The molecule has 1 saturated carbocycles. The molecule has 3 heteroatoms. The third-order valence-electron chi connectivity index (χ3n) is 5.71. The second-order valence-corrected chi connectivity index (χ2v) is 7.30. The van der Waals surface area contributed by atoms with Crippen molar-refractivity contribution in [3.05, 3.63) is 0 Å². The fourth-order valence-corrected chi connectivity index (χ4v) is 3.62. The third kappa shape index (κ3) is 4.71.